The number of hydrogen-bond acceptors (Lipinski definition) is 8. The summed E-state index contributed by atoms with van der Waals surface area (Å²) in [6, 6.07) is 9.55. The highest BCUT2D eigenvalue weighted by Crippen LogP contribution is 2.32. The Hall–Kier alpha value is -4.01. The van der Waals surface area contributed by atoms with Crippen molar-refractivity contribution in [1.29, 1.82) is 0 Å². The summed E-state index contributed by atoms with van der Waals surface area (Å²) in [6.07, 6.45) is 4.06. The van der Waals surface area contributed by atoms with Crippen LogP contribution < -0.4 is 11.1 Å². The number of imidazole rings is 1. The van der Waals surface area contributed by atoms with Gasteiger partial charge in [0.1, 0.15) is 17.7 Å². The number of nitrogens with two attached hydrogens (primary N) is 1. The Morgan fingerprint density at radius 2 is 1.97 bits per heavy atom. The summed E-state index contributed by atoms with van der Waals surface area (Å²) in [7, 11) is 0. The van der Waals surface area contributed by atoms with Crippen molar-refractivity contribution >= 4 is 28.8 Å². The molecule has 3 aromatic rings. The molecule has 0 spiro atoms. The lowest BCUT2D eigenvalue weighted by atomic mass is 9.91. The van der Waals surface area contributed by atoms with Crippen molar-refractivity contribution in [2.45, 2.75) is 69.0 Å². The van der Waals surface area contributed by atoms with Gasteiger partial charge < -0.3 is 25.8 Å². The van der Waals surface area contributed by atoms with E-state index in [-0.39, 0.29) is 48.5 Å². The molecule has 11 nitrogen and oxygen atoms in total. The maximum atomic E-state index is 13.1. The number of fused-ring (bicyclic) bond motifs is 1. The summed E-state index contributed by atoms with van der Waals surface area (Å²) in [5, 5.41) is 13.6. The fourth-order valence-electron chi connectivity index (χ4n) is 4.79. The zero-order chi connectivity index (χ0) is 26.2. The van der Waals surface area contributed by atoms with Crippen LogP contribution in [0.25, 0.3) is 11.2 Å². The molecule has 0 bridgehead atoms. The van der Waals surface area contributed by atoms with Crippen LogP contribution in [-0.2, 0) is 9.53 Å². The van der Waals surface area contributed by atoms with E-state index in [2.05, 4.69) is 32.1 Å². The van der Waals surface area contributed by atoms with Gasteiger partial charge in [-0.2, -0.15) is 0 Å². The van der Waals surface area contributed by atoms with E-state index >= 15 is 0 Å². The molecule has 2 saturated carbocycles. The van der Waals surface area contributed by atoms with Crippen LogP contribution in [0.3, 0.4) is 0 Å². The predicted molar refractivity (Wildman–Crippen MR) is 137 cm³/mol. The number of ether oxygens (including phenoxy) is 1. The number of benzene rings is 1. The van der Waals surface area contributed by atoms with E-state index < -0.39 is 18.4 Å². The number of carbonyl (C=O) groups is 2. The monoisotopic (exact) mass is 515 g/mol. The topological polar surface area (TPSA) is 148 Å². The van der Waals surface area contributed by atoms with Gasteiger partial charge in [0.2, 0.25) is 11.7 Å². The van der Waals surface area contributed by atoms with Crippen LogP contribution in [0, 0.1) is 11.8 Å². The van der Waals surface area contributed by atoms with E-state index in [9.17, 15) is 14.7 Å². The highest BCUT2D eigenvalue weighted by molar-refractivity contribution is 5.94. The molecule has 3 heterocycles. The molecular formula is C27H29N7O4. The van der Waals surface area contributed by atoms with E-state index in [1.807, 2.05) is 18.2 Å². The summed E-state index contributed by atoms with van der Waals surface area (Å²) in [4.78, 5) is 40.4. The van der Waals surface area contributed by atoms with Gasteiger partial charge in [-0.1, -0.05) is 24.1 Å². The summed E-state index contributed by atoms with van der Waals surface area (Å²) >= 11 is 0. The molecule has 3 fully saturated rings. The first-order valence-electron chi connectivity index (χ1n) is 13.0. The van der Waals surface area contributed by atoms with Crippen LogP contribution in [0.2, 0.25) is 0 Å². The fraction of sp³-hybridized carbons (Fsp3) is 0.444. The molecule has 2 aliphatic carbocycles. The van der Waals surface area contributed by atoms with E-state index in [0.29, 0.717) is 16.7 Å². The molecule has 196 valence electrons. The third-order valence-electron chi connectivity index (χ3n) is 7.27. The average molecular weight is 516 g/mol. The second-order valence-corrected chi connectivity index (χ2v) is 10.0. The number of anilines is 1. The Kier molecular flexibility index (Phi) is 6.43. The second kappa shape index (κ2) is 10.0. The number of nitrogens with zero attached hydrogens (tertiary/aromatic N) is 5. The number of aliphatic hydroxyl groups is 1. The molecule has 11 heteroatoms. The molecule has 2 amide bonds. The zero-order valence-corrected chi connectivity index (χ0v) is 20.8. The number of amides is 2. The first-order chi connectivity index (χ1) is 18.5. The highest BCUT2D eigenvalue weighted by Gasteiger charge is 2.41. The summed E-state index contributed by atoms with van der Waals surface area (Å²) in [6.45, 7) is 0.237. The van der Waals surface area contributed by atoms with E-state index in [1.165, 1.54) is 6.33 Å². The van der Waals surface area contributed by atoms with Crippen LogP contribution in [-0.4, -0.2) is 72.2 Å². The largest absolute Gasteiger partial charge is 0.388 e. The average Bonchev–Trinajstić information content (AvgIpc) is 3.46. The Morgan fingerprint density at radius 3 is 2.68 bits per heavy atom. The predicted octanol–water partition coefficient (Wildman–Crippen LogP) is 1.38. The fourth-order valence-corrected chi connectivity index (χ4v) is 4.79. The van der Waals surface area contributed by atoms with Crippen LogP contribution in [0.1, 0.15) is 60.9 Å². The number of rotatable bonds is 6. The van der Waals surface area contributed by atoms with Gasteiger partial charge in [-0.05, 0) is 50.2 Å². The first kappa shape index (κ1) is 24.3. The third-order valence-corrected chi connectivity index (χ3v) is 7.27. The van der Waals surface area contributed by atoms with Crippen molar-refractivity contribution in [1.82, 2.24) is 29.7 Å². The number of hydrogen-bond donors (Lipinski definition) is 3. The molecule has 6 rings (SSSR count). The molecule has 2 aromatic heterocycles. The molecule has 1 aliphatic heterocycles. The standard InChI is InChI=1S/C27H29N7O4/c28-23-22-24(34(15-29-22)27-19(35)14-20(38-27)25(36)30-17-11-12-17)32-21(31-23)10-5-13-33(18-8-4-9-18)26(37)16-6-2-1-3-7-16/h1-3,6-7,15,17-20,27,35H,4,8-9,11-14H2,(H,30,36)(H2,28,31,32)/t19?,20-,27?/m0/s1. The molecule has 0 radical (unpaired) electrons. The summed E-state index contributed by atoms with van der Waals surface area (Å²) in [5.74, 6) is 6.02. The molecule has 2 unspecified atom stereocenters. The first-order valence-corrected chi connectivity index (χ1v) is 13.0. The molecular weight excluding hydrogens is 486 g/mol. The molecule has 3 aliphatic rings. The molecule has 1 aromatic carbocycles. The quantitative estimate of drug-likeness (QED) is 0.417. The maximum absolute atomic E-state index is 13.1. The summed E-state index contributed by atoms with van der Waals surface area (Å²) in [5.41, 5.74) is 7.49. The minimum atomic E-state index is -0.923. The van der Waals surface area contributed by atoms with Gasteiger partial charge in [-0.3, -0.25) is 14.2 Å². The van der Waals surface area contributed by atoms with Crippen LogP contribution >= 0.6 is 0 Å². The van der Waals surface area contributed by atoms with Gasteiger partial charge in [-0.25, -0.2) is 15.0 Å². The highest BCUT2D eigenvalue weighted by atomic mass is 16.5. The summed E-state index contributed by atoms with van der Waals surface area (Å²) < 4.78 is 7.46. The van der Waals surface area contributed by atoms with Crippen molar-refractivity contribution < 1.29 is 19.4 Å². The number of nitrogen functional groups attached to an aromatic ring is 1. The van der Waals surface area contributed by atoms with Crippen molar-refractivity contribution in [2.75, 3.05) is 12.3 Å². The zero-order valence-electron chi connectivity index (χ0n) is 20.8. The Morgan fingerprint density at radius 1 is 1.18 bits per heavy atom. The number of nitrogens with one attached hydrogen (secondary N) is 1. The smallest absolute Gasteiger partial charge is 0.254 e. The van der Waals surface area contributed by atoms with Gasteiger partial charge >= 0.3 is 0 Å². The SMILES string of the molecule is Nc1nc(C#CCN(C(=O)c2ccccc2)C2CCC2)nc2c1ncn2C1O[C@H](C(=O)NC2CC2)CC1O. The van der Waals surface area contributed by atoms with Gasteiger partial charge in [0.05, 0.1) is 12.9 Å². The molecule has 38 heavy (non-hydrogen) atoms. The normalized spacial score (nSPS) is 22.9. The lowest BCUT2D eigenvalue weighted by Crippen LogP contribution is -2.44. The number of aliphatic hydroxyl groups excluding tert-OH is 1. The minimum absolute atomic E-state index is 0.0498. The van der Waals surface area contributed by atoms with E-state index in [4.69, 9.17) is 10.5 Å². The van der Waals surface area contributed by atoms with Crippen LogP contribution in [0.4, 0.5) is 5.82 Å². The van der Waals surface area contributed by atoms with E-state index in [1.54, 1.807) is 21.6 Å². The Labute approximate surface area is 219 Å². The molecule has 4 N–H and O–H groups in total. The number of carbonyl (C=O) groups excluding carboxylic acids is 2. The van der Waals surface area contributed by atoms with Gasteiger partial charge in [0, 0.05) is 24.1 Å². The van der Waals surface area contributed by atoms with Gasteiger partial charge in [0.25, 0.3) is 5.91 Å². The lowest BCUT2D eigenvalue weighted by molar-refractivity contribution is -0.134. The van der Waals surface area contributed by atoms with Crippen molar-refractivity contribution in [3.63, 3.8) is 0 Å². The van der Waals surface area contributed by atoms with Gasteiger partial charge in [0.15, 0.2) is 17.7 Å². The van der Waals surface area contributed by atoms with Crippen molar-refractivity contribution in [2.24, 2.45) is 0 Å². The Balaban J connectivity index is 1.22. The van der Waals surface area contributed by atoms with Gasteiger partial charge in [-0.15, -0.1) is 0 Å². The minimum Gasteiger partial charge on any atom is -0.388 e. The maximum Gasteiger partial charge on any atom is 0.254 e. The van der Waals surface area contributed by atoms with Crippen molar-refractivity contribution in [3.8, 4) is 11.8 Å². The third kappa shape index (κ3) is 4.80. The Bertz CT molecular complexity index is 1420. The number of aromatic nitrogens is 4. The van der Waals surface area contributed by atoms with Crippen LogP contribution in [0.5, 0.6) is 0 Å². The lowest BCUT2D eigenvalue weighted by Gasteiger charge is -2.36. The molecule has 1 saturated heterocycles. The van der Waals surface area contributed by atoms with Crippen LogP contribution in [0.15, 0.2) is 36.7 Å². The van der Waals surface area contributed by atoms with Crippen molar-refractivity contribution in [3.05, 3.63) is 48.0 Å². The van der Waals surface area contributed by atoms with E-state index in [0.717, 1.165) is 32.1 Å². The second-order valence-electron chi connectivity index (χ2n) is 10.0. The molecule has 3 atom stereocenters.